The maximum Gasteiger partial charge on any atom is 0.138 e. The van der Waals surface area contributed by atoms with Gasteiger partial charge >= 0.3 is 0 Å². The molecule has 0 aliphatic carbocycles. The second-order valence-electron chi connectivity index (χ2n) is 4.70. The van der Waals surface area contributed by atoms with Crippen molar-refractivity contribution in [2.45, 2.75) is 33.1 Å². The van der Waals surface area contributed by atoms with E-state index in [0.717, 1.165) is 39.1 Å². The molecule has 1 rings (SSSR count). The number of piperidine rings is 1. The lowest BCUT2D eigenvalue weighted by Crippen LogP contribution is -2.37. The molecular weight excluding hydrogens is 190 g/mol. The minimum atomic E-state index is 0.192. The van der Waals surface area contributed by atoms with Crippen molar-refractivity contribution < 1.29 is 9.53 Å². The summed E-state index contributed by atoms with van der Waals surface area (Å²) in [5.74, 6) is 1.29. The molecule has 1 saturated heterocycles. The summed E-state index contributed by atoms with van der Waals surface area (Å²) >= 11 is 0. The molecule has 1 N–H and O–H groups in total. The zero-order valence-corrected chi connectivity index (χ0v) is 9.92. The van der Waals surface area contributed by atoms with Crippen LogP contribution in [0.4, 0.5) is 0 Å². The van der Waals surface area contributed by atoms with Crippen molar-refractivity contribution in [1.82, 2.24) is 5.32 Å². The number of hydrogen-bond donors (Lipinski definition) is 1. The predicted octanol–water partition coefficient (Wildman–Crippen LogP) is 1.62. The van der Waals surface area contributed by atoms with E-state index in [1.165, 1.54) is 0 Å². The maximum absolute atomic E-state index is 11.5. The molecule has 1 aliphatic heterocycles. The molecule has 1 atom stereocenters. The summed E-state index contributed by atoms with van der Waals surface area (Å²) in [7, 11) is 0. The van der Waals surface area contributed by atoms with Crippen molar-refractivity contribution in [1.29, 1.82) is 0 Å². The van der Waals surface area contributed by atoms with E-state index < -0.39 is 0 Å². The van der Waals surface area contributed by atoms with Crippen LogP contribution in [0.25, 0.3) is 0 Å². The third kappa shape index (κ3) is 5.28. The van der Waals surface area contributed by atoms with Crippen LogP contribution in [-0.4, -0.2) is 32.1 Å². The Labute approximate surface area is 92.6 Å². The van der Waals surface area contributed by atoms with Crippen molar-refractivity contribution in [3.8, 4) is 0 Å². The van der Waals surface area contributed by atoms with E-state index in [9.17, 15) is 4.79 Å². The summed E-state index contributed by atoms with van der Waals surface area (Å²) in [6, 6.07) is 0. The quantitative estimate of drug-likeness (QED) is 0.681. The molecule has 0 spiro atoms. The Balaban J connectivity index is 2.01. The number of carbonyl (C=O) groups excluding carboxylic acids is 1. The van der Waals surface area contributed by atoms with E-state index in [4.69, 9.17) is 4.74 Å². The Morgan fingerprint density at radius 3 is 2.93 bits per heavy atom. The molecule has 88 valence electrons. The van der Waals surface area contributed by atoms with Gasteiger partial charge in [-0.25, -0.2) is 0 Å². The minimum absolute atomic E-state index is 0.192. The fourth-order valence-corrected chi connectivity index (χ4v) is 1.72. The largest absolute Gasteiger partial charge is 0.381 e. The van der Waals surface area contributed by atoms with Crippen LogP contribution >= 0.6 is 0 Å². The van der Waals surface area contributed by atoms with Crippen molar-refractivity contribution in [3.05, 3.63) is 0 Å². The molecule has 1 aliphatic rings. The van der Waals surface area contributed by atoms with Gasteiger partial charge in [0.05, 0.1) is 0 Å². The van der Waals surface area contributed by atoms with Gasteiger partial charge in [-0.1, -0.05) is 13.8 Å². The van der Waals surface area contributed by atoms with Crippen molar-refractivity contribution >= 4 is 5.78 Å². The second kappa shape index (κ2) is 6.96. The third-order valence-electron chi connectivity index (χ3n) is 2.84. The van der Waals surface area contributed by atoms with Crippen LogP contribution in [0.5, 0.6) is 0 Å². The average molecular weight is 213 g/mol. The lowest BCUT2D eigenvalue weighted by molar-refractivity contribution is -0.124. The Morgan fingerprint density at radius 1 is 1.47 bits per heavy atom. The average Bonchev–Trinajstić information content (AvgIpc) is 2.20. The van der Waals surface area contributed by atoms with Crippen LogP contribution < -0.4 is 5.32 Å². The monoisotopic (exact) mass is 213 g/mol. The smallest absolute Gasteiger partial charge is 0.138 e. The molecular formula is C12H23NO2. The summed E-state index contributed by atoms with van der Waals surface area (Å²) in [6.45, 7) is 7.63. The highest BCUT2D eigenvalue weighted by molar-refractivity contribution is 5.82. The molecule has 0 saturated carbocycles. The molecule has 0 aromatic rings. The number of ketones is 1. The molecule has 1 fully saturated rings. The van der Waals surface area contributed by atoms with Gasteiger partial charge in [0, 0.05) is 38.6 Å². The molecule has 3 nitrogen and oxygen atoms in total. The second-order valence-corrected chi connectivity index (χ2v) is 4.70. The molecule has 1 unspecified atom stereocenters. The van der Waals surface area contributed by atoms with Gasteiger partial charge in [-0.05, 0) is 18.8 Å². The molecule has 3 heteroatoms. The third-order valence-corrected chi connectivity index (χ3v) is 2.84. The zero-order valence-electron chi connectivity index (χ0n) is 9.92. The summed E-state index contributed by atoms with van der Waals surface area (Å²) in [5, 5.41) is 3.25. The fraction of sp³-hybridized carbons (Fsp3) is 0.917. The lowest BCUT2D eigenvalue weighted by atomic mass is 9.95. The van der Waals surface area contributed by atoms with E-state index in [2.05, 4.69) is 19.2 Å². The Morgan fingerprint density at radius 2 is 2.27 bits per heavy atom. The van der Waals surface area contributed by atoms with Crippen LogP contribution in [0.2, 0.25) is 0 Å². The van der Waals surface area contributed by atoms with E-state index >= 15 is 0 Å². The maximum atomic E-state index is 11.5. The number of carbonyl (C=O) groups is 1. The Bertz CT molecular complexity index is 192. The lowest BCUT2D eigenvalue weighted by Gasteiger charge is -2.21. The fourth-order valence-electron chi connectivity index (χ4n) is 1.72. The number of rotatable bonds is 6. The summed E-state index contributed by atoms with van der Waals surface area (Å²) in [6.07, 6.45) is 2.68. The highest BCUT2D eigenvalue weighted by atomic mass is 16.5. The van der Waals surface area contributed by atoms with Gasteiger partial charge in [0.15, 0.2) is 0 Å². The van der Waals surface area contributed by atoms with E-state index in [0.29, 0.717) is 18.1 Å². The van der Waals surface area contributed by atoms with Gasteiger partial charge in [0.1, 0.15) is 5.78 Å². The van der Waals surface area contributed by atoms with Crippen LogP contribution in [0, 0.1) is 11.8 Å². The Hall–Kier alpha value is -0.410. The van der Waals surface area contributed by atoms with Crippen molar-refractivity contribution in [2.75, 3.05) is 26.3 Å². The molecule has 0 amide bonds. The summed E-state index contributed by atoms with van der Waals surface area (Å²) in [5.41, 5.74) is 0. The van der Waals surface area contributed by atoms with Crippen molar-refractivity contribution in [2.24, 2.45) is 11.8 Å². The highest BCUT2D eigenvalue weighted by Gasteiger charge is 2.21. The molecule has 0 radical (unpaired) electrons. The van der Waals surface area contributed by atoms with Gasteiger partial charge in [-0.2, -0.15) is 0 Å². The van der Waals surface area contributed by atoms with E-state index in [-0.39, 0.29) is 5.92 Å². The highest BCUT2D eigenvalue weighted by Crippen LogP contribution is 2.10. The van der Waals surface area contributed by atoms with Gasteiger partial charge in [0.25, 0.3) is 0 Å². The standard InChI is InChI=1S/C12H23NO2/c1-10(2)4-7-15-8-5-11-9-13-6-3-12(11)14/h10-11,13H,3-9H2,1-2H3. The van der Waals surface area contributed by atoms with E-state index in [1.807, 2.05) is 0 Å². The van der Waals surface area contributed by atoms with Crippen LogP contribution in [0.15, 0.2) is 0 Å². The van der Waals surface area contributed by atoms with Gasteiger partial charge in [-0.3, -0.25) is 4.79 Å². The summed E-state index contributed by atoms with van der Waals surface area (Å²) < 4.78 is 5.52. The SMILES string of the molecule is CC(C)CCOCCC1CNCCC1=O. The number of ether oxygens (including phenoxy) is 1. The summed E-state index contributed by atoms with van der Waals surface area (Å²) in [4.78, 5) is 11.5. The molecule has 0 aromatic carbocycles. The normalized spacial score (nSPS) is 22.3. The Kier molecular flexibility index (Phi) is 5.88. The van der Waals surface area contributed by atoms with Crippen LogP contribution in [-0.2, 0) is 9.53 Å². The van der Waals surface area contributed by atoms with Crippen LogP contribution in [0.1, 0.15) is 33.1 Å². The number of Topliss-reactive ketones (excluding diaryl/α,β-unsaturated/α-hetero) is 1. The first-order chi connectivity index (χ1) is 7.20. The number of hydrogen-bond acceptors (Lipinski definition) is 3. The minimum Gasteiger partial charge on any atom is -0.381 e. The van der Waals surface area contributed by atoms with E-state index in [1.54, 1.807) is 0 Å². The first kappa shape index (κ1) is 12.7. The predicted molar refractivity (Wildman–Crippen MR) is 60.9 cm³/mol. The first-order valence-electron chi connectivity index (χ1n) is 6.01. The van der Waals surface area contributed by atoms with Crippen LogP contribution in [0.3, 0.4) is 0 Å². The van der Waals surface area contributed by atoms with Gasteiger partial charge in [-0.15, -0.1) is 0 Å². The number of nitrogens with one attached hydrogen (secondary N) is 1. The molecule has 0 bridgehead atoms. The molecule has 0 aromatic heterocycles. The van der Waals surface area contributed by atoms with Gasteiger partial charge in [0.2, 0.25) is 0 Å². The van der Waals surface area contributed by atoms with Crippen molar-refractivity contribution in [3.63, 3.8) is 0 Å². The van der Waals surface area contributed by atoms with Gasteiger partial charge < -0.3 is 10.1 Å². The zero-order chi connectivity index (χ0) is 11.1. The topological polar surface area (TPSA) is 38.3 Å². The molecule has 1 heterocycles. The first-order valence-corrected chi connectivity index (χ1v) is 6.01. The molecule has 15 heavy (non-hydrogen) atoms.